The fourth-order valence-electron chi connectivity index (χ4n) is 1.43. The molecule has 1 aliphatic rings. The van der Waals surface area contributed by atoms with Crippen molar-refractivity contribution < 1.29 is 19.0 Å². The molecule has 1 N–H and O–H groups in total. The molecule has 0 amide bonds. The van der Waals surface area contributed by atoms with E-state index in [9.17, 15) is 4.79 Å². The summed E-state index contributed by atoms with van der Waals surface area (Å²) in [6.45, 7) is 4.77. The molecule has 0 saturated carbocycles. The van der Waals surface area contributed by atoms with Gasteiger partial charge in [0.25, 0.3) is 0 Å². The van der Waals surface area contributed by atoms with E-state index in [1.165, 1.54) is 7.11 Å². The Morgan fingerprint density at radius 1 is 1.56 bits per heavy atom. The monoisotopic (exact) mass is 231 g/mol. The van der Waals surface area contributed by atoms with E-state index in [2.05, 4.69) is 12.2 Å². The molecule has 0 spiro atoms. The lowest BCUT2D eigenvalue weighted by molar-refractivity contribution is -0.146. The van der Waals surface area contributed by atoms with E-state index in [0.29, 0.717) is 26.2 Å². The minimum absolute atomic E-state index is 0.212. The Morgan fingerprint density at radius 3 is 2.81 bits per heavy atom. The van der Waals surface area contributed by atoms with Crippen molar-refractivity contribution in [3.8, 4) is 0 Å². The van der Waals surface area contributed by atoms with Crippen LogP contribution in [-0.2, 0) is 19.0 Å². The van der Waals surface area contributed by atoms with Gasteiger partial charge in [0.1, 0.15) is 12.1 Å². The largest absolute Gasteiger partial charge is 0.468 e. The molecule has 0 aromatic carbocycles. The number of esters is 1. The molecular weight excluding hydrogens is 210 g/mol. The molecule has 94 valence electrons. The van der Waals surface area contributed by atoms with Crippen LogP contribution in [0, 0.1) is 0 Å². The molecule has 1 rings (SSSR count). The van der Waals surface area contributed by atoms with Gasteiger partial charge in [-0.05, 0) is 19.4 Å². The summed E-state index contributed by atoms with van der Waals surface area (Å²) in [7, 11) is 1.41. The molecule has 0 bridgehead atoms. The molecular formula is C11H21NO4. The second kappa shape index (κ2) is 7.60. The summed E-state index contributed by atoms with van der Waals surface area (Å²) in [5.74, 6) is -0.220. The van der Waals surface area contributed by atoms with Crippen LogP contribution in [0.2, 0.25) is 0 Å². The van der Waals surface area contributed by atoms with Gasteiger partial charge < -0.3 is 19.5 Å². The molecule has 1 fully saturated rings. The third kappa shape index (κ3) is 4.47. The molecule has 1 atom stereocenters. The lowest BCUT2D eigenvalue weighted by Gasteiger charge is -2.26. The van der Waals surface area contributed by atoms with Crippen LogP contribution >= 0.6 is 0 Å². The van der Waals surface area contributed by atoms with E-state index in [-0.39, 0.29) is 18.1 Å². The highest BCUT2D eigenvalue weighted by Gasteiger charge is 2.21. The van der Waals surface area contributed by atoms with E-state index in [1.54, 1.807) is 0 Å². The fourth-order valence-corrected chi connectivity index (χ4v) is 1.43. The quantitative estimate of drug-likeness (QED) is 0.610. The maximum atomic E-state index is 11.4. The van der Waals surface area contributed by atoms with Gasteiger partial charge >= 0.3 is 5.97 Å². The Balaban J connectivity index is 2.16. The second-order valence-corrected chi connectivity index (χ2v) is 3.85. The third-order valence-electron chi connectivity index (χ3n) is 2.49. The molecule has 0 aromatic heterocycles. The molecule has 5 nitrogen and oxygen atoms in total. The van der Waals surface area contributed by atoms with Crippen molar-refractivity contribution in [2.75, 3.05) is 33.5 Å². The normalized spacial score (nSPS) is 17.9. The smallest absolute Gasteiger partial charge is 0.322 e. The second-order valence-electron chi connectivity index (χ2n) is 3.85. The summed E-state index contributed by atoms with van der Waals surface area (Å²) in [5, 5.41) is 3.14. The summed E-state index contributed by atoms with van der Waals surface area (Å²) in [6, 6.07) is -0.258. The minimum atomic E-state index is -0.258. The van der Waals surface area contributed by atoms with Gasteiger partial charge in [0.05, 0.1) is 20.3 Å². The van der Waals surface area contributed by atoms with Gasteiger partial charge in [-0.25, -0.2) is 0 Å². The highest BCUT2D eigenvalue weighted by atomic mass is 16.6. The number of carbonyl (C=O) groups is 1. The van der Waals surface area contributed by atoms with Gasteiger partial charge in [-0.15, -0.1) is 0 Å². The van der Waals surface area contributed by atoms with Gasteiger partial charge in [-0.1, -0.05) is 6.92 Å². The van der Waals surface area contributed by atoms with Crippen LogP contribution < -0.4 is 5.32 Å². The summed E-state index contributed by atoms with van der Waals surface area (Å²) in [5.41, 5.74) is 0. The van der Waals surface area contributed by atoms with Gasteiger partial charge in [0.2, 0.25) is 0 Å². The molecule has 16 heavy (non-hydrogen) atoms. The summed E-state index contributed by atoms with van der Waals surface area (Å²) >= 11 is 0. The van der Waals surface area contributed by atoms with Crippen molar-refractivity contribution in [3.63, 3.8) is 0 Å². The topological polar surface area (TPSA) is 56.8 Å². The number of nitrogens with one attached hydrogen (secondary N) is 1. The average Bonchev–Trinajstić information content (AvgIpc) is 2.24. The first-order chi connectivity index (χ1) is 7.77. The zero-order valence-corrected chi connectivity index (χ0v) is 10.0. The summed E-state index contributed by atoms with van der Waals surface area (Å²) in [4.78, 5) is 11.4. The highest BCUT2D eigenvalue weighted by Crippen LogP contribution is 2.06. The van der Waals surface area contributed by atoms with Crippen LogP contribution in [0.25, 0.3) is 0 Å². The Hall–Kier alpha value is -0.650. The lowest BCUT2D eigenvalue weighted by atomic mass is 10.2. The minimum Gasteiger partial charge on any atom is -0.468 e. The average molecular weight is 231 g/mol. The molecule has 1 unspecified atom stereocenters. The molecule has 1 saturated heterocycles. The summed E-state index contributed by atoms with van der Waals surface area (Å²) < 4.78 is 15.2. The van der Waals surface area contributed by atoms with Gasteiger partial charge in [-0.2, -0.15) is 0 Å². The zero-order chi connectivity index (χ0) is 11.8. The summed E-state index contributed by atoms with van der Waals surface area (Å²) in [6.07, 6.45) is 1.85. The standard InChI is InChI=1S/C11H21NO4/c1-3-5-12-10(11(13)14-2)4-6-16-9-7-15-8-9/h9-10,12H,3-8H2,1-2H3. The lowest BCUT2D eigenvalue weighted by Crippen LogP contribution is -2.41. The predicted octanol–water partition coefficient (Wildman–Crippen LogP) is 0.333. The van der Waals surface area contributed by atoms with Crippen LogP contribution in [0.3, 0.4) is 0 Å². The maximum absolute atomic E-state index is 11.4. The van der Waals surface area contributed by atoms with Crippen molar-refractivity contribution >= 4 is 5.97 Å². The number of rotatable bonds is 8. The first kappa shape index (κ1) is 13.4. The van der Waals surface area contributed by atoms with Crippen LogP contribution in [0.5, 0.6) is 0 Å². The number of hydrogen-bond donors (Lipinski definition) is 1. The van der Waals surface area contributed by atoms with Crippen molar-refractivity contribution in [2.24, 2.45) is 0 Å². The van der Waals surface area contributed by atoms with Crippen molar-refractivity contribution in [2.45, 2.75) is 31.9 Å². The van der Waals surface area contributed by atoms with E-state index < -0.39 is 0 Å². The predicted molar refractivity (Wildman–Crippen MR) is 59.3 cm³/mol. The Bertz CT molecular complexity index is 206. The van der Waals surface area contributed by atoms with Crippen LogP contribution in [-0.4, -0.2) is 51.6 Å². The number of carbonyl (C=O) groups excluding carboxylic acids is 1. The van der Waals surface area contributed by atoms with E-state index >= 15 is 0 Å². The number of hydrogen-bond acceptors (Lipinski definition) is 5. The van der Waals surface area contributed by atoms with Crippen molar-refractivity contribution in [1.82, 2.24) is 5.32 Å². The van der Waals surface area contributed by atoms with E-state index in [4.69, 9.17) is 14.2 Å². The fraction of sp³-hybridized carbons (Fsp3) is 0.909. The van der Waals surface area contributed by atoms with Gasteiger partial charge in [0.15, 0.2) is 0 Å². The van der Waals surface area contributed by atoms with Gasteiger partial charge in [-0.3, -0.25) is 4.79 Å². The van der Waals surface area contributed by atoms with E-state index in [0.717, 1.165) is 13.0 Å². The Labute approximate surface area is 96.4 Å². The molecule has 0 aliphatic carbocycles. The van der Waals surface area contributed by atoms with Crippen LogP contribution in [0.15, 0.2) is 0 Å². The number of methoxy groups -OCH3 is 1. The number of ether oxygens (including phenoxy) is 3. The first-order valence-corrected chi connectivity index (χ1v) is 5.78. The Kier molecular flexibility index (Phi) is 6.37. The third-order valence-corrected chi connectivity index (χ3v) is 2.49. The van der Waals surface area contributed by atoms with Crippen LogP contribution in [0.1, 0.15) is 19.8 Å². The highest BCUT2D eigenvalue weighted by molar-refractivity contribution is 5.75. The SMILES string of the molecule is CCCNC(CCOC1COC1)C(=O)OC. The molecule has 5 heteroatoms. The van der Waals surface area contributed by atoms with Crippen molar-refractivity contribution in [3.05, 3.63) is 0 Å². The first-order valence-electron chi connectivity index (χ1n) is 5.78. The van der Waals surface area contributed by atoms with Gasteiger partial charge in [0, 0.05) is 6.61 Å². The maximum Gasteiger partial charge on any atom is 0.322 e. The van der Waals surface area contributed by atoms with E-state index in [1.807, 2.05) is 0 Å². The molecule has 1 aliphatic heterocycles. The van der Waals surface area contributed by atoms with Crippen molar-refractivity contribution in [1.29, 1.82) is 0 Å². The Morgan fingerprint density at radius 2 is 2.31 bits per heavy atom. The van der Waals surface area contributed by atoms with Crippen LogP contribution in [0.4, 0.5) is 0 Å². The molecule has 0 radical (unpaired) electrons. The zero-order valence-electron chi connectivity index (χ0n) is 10.0. The molecule has 1 heterocycles. The molecule has 0 aromatic rings.